The van der Waals surface area contributed by atoms with Crippen molar-refractivity contribution in [1.82, 2.24) is 0 Å². The van der Waals surface area contributed by atoms with Gasteiger partial charge in [0.05, 0.1) is 6.61 Å². The molecule has 0 heterocycles. The van der Waals surface area contributed by atoms with E-state index in [-0.39, 0.29) is 11.6 Å². The molecule has 0 fully saturated rings. The van der Waals surface area contributed by atoms with E-state index in [1.807, 2.05) is 0 Å². The van der Waals surface area contributed by atoms with E-state index in [1.54, 1.807) is 0 Å². The van der Waals surface area contributed by atoms with Gasteiger partial charge in [-0.2, -0.15) is 0 Å². The second kappa shape index (κ2) is 5.13. The summed E-state index contributed by atoms with van der Waals surface area (Å²) in [5.41, 5.74) is 0. The molecule has 0 saturated carbocycles. The predicted molar refractivity (Wildman–Crippen MR) is 64.0 cm³/mol. The normalized spacial score (nSPS) is 16.9. The van der Waals surface area contributed by atoms with Crippen molar-refractivity contribution in [3.05, 3.63) is 0 Å². The molecule has 0 aliphatic rings. The Hall–Kier alpha value is -0.343. The van der Waals surface area contributed by atoms with Gasteiger partial charge in [-0.1, -0.05) is 26.7 Å². The maximum absolute atomic E-state index is 9.45. The highest BCUT2D eigenvalue weighted by atomic mass is 28.4. The zero-order valence-corrected chi connectivity index (χ0v) is 11.2. The Morgan fingerprint density at radius 2 is 1.80 bits per heavy atom. The first-order valence-electron chi connectivity index (χ1n) is 5.08. The van der Waals surface area contributed by atoms with E-state index in [0.29, 0.717) is 0 Å². The molecule has 0 aromatic heterocycles. The van der Waals surface area contributed by atoms with Crippen molar-refractivity contribution in [3.63, 3.8) is 0 Å². The molecule has 0 unspecified atom stereocenters. The first-order valence-corrected chi connectivity index (χ1v) is 7.99. The monoisotopic (exact) mass is 230 g/mol. The van der Waals surface area contributed by atoms with Crippen LogP contribution >= 0.6 is 0 Å². The average Bonchev–Trinajstić information content (AvgIpc) is 2.11. The Kier molecular flexibility index (Phi) is 5.01. The number of rotatable bonds is 4. The molecule has 2 atom stereocenters. The second-order valence-electron chi connectivity index (χ2n) is 5.25. The van der Waals surface area contributed by atoms with Crippen LogP contribution in [0.1, 0.15) is 20.8 Å². The van der Waals surface area contributed by atoms with Crippen LogP contribution in [-0.4, -0.2) is 37.3 Å². The molecule has 4 heteroatoms. The van der Waals surface area contributed by atoms with E-state index in [2.05, 4.69) is 39.8 Å². The molecule has 0 aliphatic carbocycles. The van der Waals surface area contributed by atoms with E-state index in [4.69, 9.17) is 10.8 Å². The minimum absolute atomic E-state index is 0.0911. The van der Waals surface area contributed by atoms with Gasteiger partial charge in [-0.15, -0.1) is 6.42 Å². The van der Waals surface area contributed by atoms with Crippen molar-refractivity contribution in [2.45, 2.75) is 51.1 Å². The smallest absolute Gasteiger partial charge is 0.192 e. The number of terminal acetylenes is 1. The molecule has 88 valence electrons. The van der Waals surface area contributed by atoms with Crippen molar-refractivity contribution in [2.24, 2.45) is 0 Å². The van der Waals surface area contributed by atoms with Crippen molar-refractivity contribution in [3.8, 4) is 12.3 Å². The van der Waals surface area contributed by atoms with Crippen LogP contribution in [0.2, 0.25) is 18.1 Å². The maximum Gasteiger partial charge on any atom is 0.192 e. The van der Waals surface area contributed by atoms with Crippen LogP contribution in [-0.2, 0) is 4.43 Å². The third-order valence-electron chi connectivity index (χ3n) is 2.96. The van der Waals surface area contributed by atoms with Crippen LogP contribution in [0.25, 0.3) is 0 Å². The third kappa shape index (κ3) is 4.35. The summed E-state index contributed by atoms with van der Waals surface area (Å²) in [4.78, 5) is 0. The van der Waals surface area contributed by atoms with Gasteiger partial charge in [-0.05, 0) is 18.1 Å². The van der Waals surface area contributed by atoms with Crippen LogP contribution < -0.4 is 0 Å². The van der Waals surface area contributed by atoms with Crippen LogP contribution in [0.4, 0.5) is 0 Å². The van der Waals surface area contributed by atoms with Crippen LogP contribution in [0.3, 0.4) is 0 Å². The lowest BCUT2D eigenvalue weighted by atomic mass is 10.2. The molecule has 0 spiro atoms. The molecular formula is C11H22O3Si. The molecule has 0 aromatic rings. The van der Waals surface area contributed by atoms with Crippen molar-refractivity contribution < 1.29 is 14.6 Å². The van der Waals surface area contributed by atoms with E-state index in [0.717, 1.165) is 0 Å². The molecule has 2 N–H and O–H groups in total. The molecule has 0 amide bonds. The Bertz CT molecular complexity index is 237. The Morgan fingerprint density at radius 1 is 1.33 bits per heavy atom. The third-order valence-corrected chi connectivity index (χ3v) is 7.46. The van der Waals surface area contributed by atoms with Gasteiger partial charge in [0.25, 0.3) is 0 Å². The topological polar surface area (TPSA) is 49.7 Å². The van der Waals surface area contributed by atoms with Crippen LogP contribution in [0.15, 0.2) is 0 Å². The lowest BCUT2D eigenvalue weighted by molar-refractivity contribution is 0.0174. The molecule has 0 rings (SSSR count). The number of aliphatic hydroxyl groups is 2. The quantitative estimate of drug-likeness (QED) is 0.566. The Labute approximate surface area is 93.6 Å². The largest absolute Gasteiger partial charge is 0.414 e. The zero-order valence-electron chi connectivity index (χ0n) is 10.2. The first kappa shape index (κ1) is 14.7. The van der Waals surface area contributed by atoms with Crippen molar-refractivity contribution >= 4 is 8.32 Å². The van der Waals surface area contributed by atoms with Crippen LogP contribution in [0.5, 0.6) is 0 Å². The summed E-state index contributed by atoms with van der Waals surface area (Å²) in [6.45, 7) is 10.6. The maximum atomic E-state index is 9.45. The first-order chi connectivity index (χ1) is 6.62. The molecule has 0 saturated heterocycles. The molecular weight excluding hydrogens is 208 g/mol. The highest BCUT2D eigenvalue weighted by Gasteiger charge is 2.37. The minimum atomic E-state index is -1.87. The summed E-state index contributed by atoms with van der Waals surface area (Å²) >= 11 is 0. The van der Waals surface area contributed by atoms with E-state index in [9.17, 15) is 10.2 Å². The summed E-state index contributed by atoms with van der Waals surface area (Å²) in [7, 11) is -1.87. The lowest BCUT2D eigenvalue weighted by Gasteiger charge is -2.36. The molecule has 0 radical (unpaired) electrons. The Morgan fingerprint density at radius 3 is 2.13 bits per heavy atom. The van der Waals surface area contributed by atoms with E-state index >= 15 is 0 Å². The van der Waals surface area contributed by atoms with Crippen molar-refractivity contribution in [1.29, 1.82) is 0 Å². The van der Waals surface area contributed by atoms with Gasteiger partial charge < -0.3 is 14.6 Å². The standard InChI is InChI=1S/C11H22O3Si/c1-7-9(12)10(13)8-14-15(5,6)11(2,3)4/h1,9-10,12-13H,8H2,2-6H3/t9-,10+/m1/s1. The fourth-order valence-electron chi connectivity index (χ4n) is 0.712. The van der Waals surface area contributed by atoms with Gasteiger partial charge in [-0.25, -0.2) is 0 Å². The highest BCUT2D eigenvalue weighted by Crippen LogP contribution is 2.36. The number of hydrogen-bond acceptors (Lipinski definition) is 3. The average molecular weight is 230 g/mol. The van der Waals surface area contributed by atoms with Gasteiger partial charge in [-0.3, -0.25) is 0 Å². The second-order valence-corrected chi connectivity index (χ2v) is 10.1. The highest BCUT2D eigenvalue weighted by molar-refractivity contribution is 6.74. The van der Waals surface area contributed by atoms with Gasteiger partial charge in [0.15, 0.2) is 8.32 Å². The van der Waals surface area contributed by atoms with Gasteiger partial charge in [0.2, 0.25) is 0 Å². The summed E-state index contributed by atoms with van der Waals surface area (Å²) in [5, 5.41) is 18.7. The van der Waals surface area contributed by atoms with Gasteiger partial charge >= 0.3 is 0 Å². The van der Waals surface area contributed by atoms with E-state index < -0.39 is 20.5 Å². The summed E-state index contributed by atoms with van der Waals surface area (Å²) in [6.07, 6.45) is 2.85. The predicted octanol–water partition coefficient (Wildman–Crippen LogP) is 1.36. The Balaban J connectivity index is 4.23. The molecule has 0 aromatic carbocycles. The molecule has 15 heavy (non-hydrogen) atoms. The molecule has 0 aliphatic heterocycles. The van der Waals surface area contributed by atoms with Crippen LogP contribution in [0, 0.1) is 12.3 Å². The number of aliphatic hydroxyl groups excluding tert-OH is 2. The number of hydrogen-bond donors (Lipinski definition) is 2. The van der Waals surface area contributed by atoms with Gasteiger partial charge in [0, 0.05) is 0 Å². The lowest BCUT2D eigenvalue weighted by Crippen LogP contribution is -2.44. The SMILES string of the molecule is C#C[C@@H](O)[C@@H](O)CO[Si](C)(C)C(C)(C)C. The fourth-order valence-corrected chi connectivity index (χ4v) is 1.73. The molecule has 3 nitrogen and oxygen atoms in total. The van der Waals surface area contributed by atoms with Gasteiger partial charge in [0.1, 0.15) is 12.2 Å². The van der Waals surface area contributed by atoms with Crippen molar-refractivity contribution in [2.75, 3.05) is 6.61 Å². The summed E-state index contributed by atoms with van der Waals surface area (Å²) in [5.74, 6) is 2.08. The minimum Gasteiger partial charge on any atom is -0.414 e. The fraction of sp³-hybridized carbons (Fsp3) is 0.818. The summed E-state index contributed by atoms with van der Waals surface area (Å²) in [6, 6.07) is 0. The zero-order chi connectivity index (χ0) is 12.3. The van der Waals surface area contributed by atoms with E-state index in [1.165, 1.54) is 0 Å². The molecule has 0 bridgehead atoms. The summed E-state index contributed by atoms with van der Waals surface area (Å²) < 4.78 is 5.71.